The molecule has 0 atom stereocenters. The minimum absolute atomic E-state index is 0.00210. The van der Waals surface area contributed by atoms with E-state index in [9.17, 15) is 9.18 Å². The minimum Gasteiger partial charge on any atom is -0.350 e. The summed E-state index contributed by atoms with van der Waals surface area (Å²) in [5.41, 5.74) is 3.37. The smallest absolute Gasteiger partial charge is 0.258 e. The van der Waals surface area contributed by atoms with Crippen molar-refractivity contribution >= 4 is 38.4 Å². The van der Waals surface area contributed by atoms with Crippen LogP contribution in [-0.4, -0.2) is 15.5 Å². The number of fused-ring (bicyclic) bond motifs is 1. The third kappa shape index (κ3) is 3.82. The molecule has 4 rings (SSSR count). The van der Waals surface area contributed by atoms with Gasteiger partial charge in [-0.25, -0.2) is 4.39 Å². The predicted molar refractivity (Wildman–Crippen MR) is 112 cm³/mol. The number of halogens is 2. The van der Waals surface area contributed by atoms with Gasteiger partial charge in [0.05, 0.1) is 11.1 Å². The standard InChI is InChI=1S/C22H17BrFN3O/c1-14-8-16-9-15(13-27-6-2-3-7-27)12-25-21(16)11-20(14)26-22(28)18-5-4-17(23)10-19(18)24/h2-12H,13H2,1H3,(H,26,28). The van der Waals surface area contributed by atoms with Crippen LogP contribution in [0.15, 0.2) is 71.6 Å². The van der Waals surface area contributed by atoms with Gasteiger partial charge in [0.25, 0.3) is 5.91 Å². The second-order valence-electron chi connectivity index (χ2n) is 6.64. The highest BCUT2D eigenvalue weighted by atomic mass is 79.9. The molecule has 0 saturated carbocycles. The van der Waals surface area contributed by atoms with Gasteiger partial charge in [0, 0.05) is 40.7 Å². The number of rotatable bonds is 4. The summed E-state index contributed by atoms with van der Waals surface area (Å²) >= 11 is 3.19. The lowest BCUT2D eigenvalue weighted by Gasteiger charge is -2.11. The zero-order valence-corrected chi connectivity index (χ0v) is 16.7. The molecule has 0 radical (unpaired) electrons. The fourth-order valence-corrected chi connectivity index (χ4v) is 3.44. The van der Waals surface area contributed by atoms with Gasteiger partial charge in [0.1, 0.15) is 5.82 Å². The number of amides is 1. The maximum Gasteiger partial charge on any atom is 0.258 e. The first-order valence-electron chi connectivity index (χ1n) is 8.76. The molecule has 0 bridgehead atoms. The molecule has 4 aromatic rings. The number of aromatic nitrogens is 2. The van der Waals surface area contributed by atoms with E-state index in [1.807, 2.05) is 49.8 Å². The Morgan fingerprint density at radius 1 is 1.18 bits per heavy atom. The topological polar surface area (TPSA) is 46.9 Å². The number of carbonyl (C=O) groups is 1. The molecule has 2 heterocycles. The molecule has 0 aliphatic rings. The number of benzene rings is 2. The Kier molecular flexibility index (Phi) is 4.96. The van der Waals surface area contributed by atoms with Gasteiger partial charge in [-0.05, 0) is 66.6 Å². The van der Waals surface area contributed by atoms with Crippen molar-refractivity contribution in [2.24, 2.45) is 0 Å². The third-order valence-electron chi connectivity index (χ3n) is 4.54. The Balaban J connectivity index is 1.61. The molecule has 2 aromatic carbocycles. The first-order chi connectivity index (χ1) is 13.5. The zero-order chi connectivity index (χ0) is 19.7. The maximum atomic E-state index is 14.1. The number of nitrogens with zero attached hydrogens (tertiary/aromatic N) is 2. The van der Waals surface area contributed by atoms with E-state index >= 15 is 0 Å². The van der Waals surface area contributed by atoms with Crippen LogP contribution < -0.4 is 5.32 Å². The highest BCUT2D eigenvalue weighted by Gasteiger charge is 2.14. The molecule has 6 heteroatoms. The summed E-state index contributed by atoms with van der Waals surface area (Å²) in [5, 5.41) is 3.79. The lowest BCUT2D eigenvalue weighted by molar-refractivity contribution is 0.102. The molecule has 0 aliphatic heterocycles. The van der Waals surface area contributed by atoms with Crippen molar-refractivity contribution in [2.45, 2.75) is 13.5 Å². The quantitative estimate of drug-likeness (QED) is 0.455. The van der Waals surface area contributed by atoms with E-state index in [-0.39, 0.29) is 5.56 Å². The van der Waals surface area contributed by atoms with Crippen LogP contribution >= 0.6 is 15.9 Å². The Morgan fingerprint density at radius 2 is 1.96 bits per heavy atom. The van der Waals surface area contributed by atoms with Gasteiger partial charge in [0.2, 0.25) is 0 Å². The highest BCUT2D eigenvalue weighted by molar-refractivity contribution is 9.10. The Bertz CT molecular complexity index is 1170. The first-order valence-corrected chi connectivity index (χ1v) is 9.55. The number of carbonyl (C=O) groups excluding carboxylic acids is 1. The van der Waals surface area contributed by atoms with Crippen molar-refractivity contribution in [3.8, 4) is 0 Å². The second kappa shape index (κ2) is 7.56. The number of nitrogens with one attached hydrogen (secondary N) is 1. The van der Waals surface area contributed by atoms with Crippen LogP contribution in [0.1, 0.15) is 21.5 Å². The summed E-state index contributed by atoms with van der Waals surface area (Å²) in [5.74, 6) is -1.06. The molecule has 0 unspecified atom stereocenters. The van der Waals surface area contributed by atoms with Crippen LogP contribution in [0, 0.1) is 12.7 Å². The zero-order valence-electron chi connectivity index (χ0n) is 15.1. The largest absolute Gasteiger partial charge is 0.350 e. The first kappa shape index (κ1) is 18.4. The maximum absolute atomic E-state index is 14.1. The summed E-state index contributed by atoms with van der Waals surface area (Å²) < 4.78 is 16.7. The molecule has 0 fully saturated rings. The Morgan fingerprint density at radius 3 is 2.71 bits per heavy atom. The number of aryl methyl sites for hydroxylation is 1. The van der Waals surface area contributed by atoms with Gasteiger partial charge < -0.3 is 9.88 Å². The van der Waals surface area contributed by atoms with E-state index in [2.05, 4.69) is 36.9 Å². The number of anilines is 1. The van der Waals surface area contributed by atoms with E-state index in [1.165, 1.54) is 12.1 Å². The average Bonchev–Trinajstić information content (AvgIpc) is 3.15. The average molecular weight is 438 g/mol. The Labute approximate surface area is 170 Å². The molecule has 0 spiro atoms. The van der Waals surface area contributed by atoms with Crippen LogP contribution in [0.25, 0.3) is 10.9 Å². The number of hydrogen-bond acceptors (Lipinski definition) is 2. The van der Waals surface area contributed by atoms with Gasteiger partial charge in [0.15, 0.2) is 0 Å². The molecular formula is C22H17BrFN3O. The van der Waals surface area contributed by atoms with Gasteiger partial charge in [-0.1, -0.05) is 15.9 Å². The molecule has 1 amide bonds. The van der Waals surface area contributed by atoms with Gasteiger partial charge >= 0.3 is 0 Å². The van der Waals surface area contributed by atoms with E-state index < -0.39 is 11.7 Å². The lowest BCUT2D eigenvalue weighted by Crippen LogP contribution is -2.14. The summed E-state index contributed by atoms with van der Waals surface area (Å²) in [6, 6.07) is 14.2. The van der Waals surface area contributed by atoms with Crippen LogP contribution in [0.4, 0.5) is 10.1 Å². The molecule has 140 valence electrons. The van der Waals surface area contributed by atoms with Crippen LogP contribution in [0.2, 0.25) is 0 Å². The van der Waals surface area contributed by atoms with Gasteiger partial charge in [-0.15, -0.1) is 0 Å². The monoisotopic (exact) mass is 437 g/mol. The molecule has 28 heavy (non-hydrogen) atoms. The van der Waals surface area contributed by atoms with E-state index in [0.29, 0.717) is 10.2 Å². The normalized spacial score (nSPS) is 11.0. The Hall–Kier alpha value is -2.99. The third-order valence-corrected chi connectivity index (χ3v) is 5.03. The van der Waals surface area contributed by atoms with E-state index in [0.717, 1.165) is 28.6 Å². The van der Waals surface area contributed by atoms with E-state index in [4.69, 9.17) is 0 Å². The fourth-order valence-electron chi connectivity index (χ4n) is 3.11. The molecule has 4 nitrogen and oxygen atoms in total. The lowest BCUT2D eigenvalue weighted by atomic mass is 10.1. The van der Waals surface area contributed by atoms with Crippen LogP contribution in [0.3, 0.4) is 0 Å². The summed E-state index contributed by atoms with van der Waals surface area (Å²) in [6.45, 7) is 2.65. The predicted octanol–water partition coefficient (Wildman–Crippen LogP) is 5.55. The summed E-state index contributed by atoms with van der Waals surface area (Å²) in [4.78, 5) is 17.0. The molecule has 2 aromatic heterocycles. The minimum atomic E-state index is -0.571. The summed E-state index contributed by atoms with van der Waals surface area (Å²) in [6.07, 6.45) is 5.85. The SMILES string of the molecule is Cc1cc2cc(Cn3cccc3)cnc2cc1NC(=O)c1ccc(Br)cc1F. The van der Waals surface area contributed by atoms with Crippen molar-refractivity contribution in [1.29, 1.82) is 0 Å². The molecule has 0 saturated heterocycles. The van der Waals surface area contributed by atoms with Crippen LogP contribution in [-0.2, 0) is 6.54 Å². The van der Waals surface area contributed by atoms with Crippen molar-refractivity contribution in [3.05, 3.63) is 94.1 Å². The molecular weight excluding hydrogens is 421 g/mol. The van der Waals surface area contributed by atoms with E-state index in [1.54, 1.807) is 6.07 Å². The fraction of sp³-hybridized carbons (Fsp3) is 0.0909. The second-order valence-corrected chi connectivity index (χ2v) is 7.55. The molecule has 1 N–H and O–H groups in total. The highest BCUT2D eigenvalue weighted by Crippen LogP contribution is 2.24. The van der Waals surface area contributed by atoms with Crippen molar-refractivity contribution in [3.63, 3.8) is 0 Å². The van der Waals surface area contributed by atoms with Crippen molar-refractivity contribution in [2.75, 3.05) is 5.32 Å². The summed E-state index contributed by atoms with van der Waals surface area (Å²) in [7, 11) is 0. The number of pyridine rings is 1. The van der Waals surface area contributed by atoms with Crippen molar-refractivity contribution < 1.29 is 9.18 Å². The van der Waals surface area contributed by atoms with Gasteiger partial charge in [-0.2, -0.15) is 0 Å². The van der Waals surface area contributed by atoms with Crippen molar-refractivity contribution in [1.82, 2.24) is 9.55 Å². The van der Waals surface area contributed by atoms with Crippen LogP contribution in [0.5, 0.6) is 0 Å². The molecule has 0 aliphatic carbocycles. The van der Waals surface area contributed by atoms with Gasteiger partial charge in [-0.3, -0.25) is 9.78 Å². The number of hydrogen-bond donors (Lipinski definition) is 1.